The third-order valence-corrected chi connectivity index (χ3v) is 4.24. The summed E-state index contributed by atoms with van der Waals surface area (Å²) in [6.07, 6.45) is 5.28. The molecule has 0 aromatic carbocycles. The summed E-state index contributed by atoms with van der Waals surface area (Å²) in [6, 6.07) is 1.72. The summed E-state index contributed by atoms with van der Waals surface area (Å²) in [4.78, 5) is 0. The summed E-state index contributed by atoms with van der Waals surface area (Å²) >= 11 is 0. The lowest BCUT2D eigenvalue weighted by molar-refractivity contribution is 0.490. The number of halogens is 1. The SMILES string of the molecule is CC(c1nnc(S(=O)(=O)Cl)n1C1CC1)n1cccn1. The van der Waals surface area contributed by atoms with Crippen LogP contribution in [0.15, 0.2) is 23.6 Å². The fourth-order valence-electron chi connectivity index (χ4n) is 2.04. The Kier molecular flexibility index (Phi) is 2.86. The van der Waals surface area contributed by atoms with Gasteiger partial charge in [0.1, 0.15) is 6.04 Å². The van der Waals surface area contributed by atoms with Crippen LogP contribution in [0.2, 0.25) is 0 Å². The number of hydrogen-bond acceptors (Lipinski definition) is 5. The van der Waals surface area contributed by atoms with Crippen molar-refractivity contribution in [2.45, 2.75) is 37.0 Å². The first-order valence-electron chi connectivity index (χ1n) is 5.87. The van der Waals surface area contributed by atoms with Crippen molar-refractivity contribution < 1.29 is 8.42 Å². The normalized spacial score (nSPS) is 17.6. The minimum absolute atomic E-state index is 0.117. The molecule has 1 fully saturated rings. The van der Waals surface area contributed by atoms with Gasteiger partial charge in [-0.3, -0.25) is 9.25 Å². The topological polar surface area (TPSA) is 82.7 Å². The molecule has 2 heterocycles. The Hall–Kier alpha value is -1.41. The molecular formula is C10H12ClN5O2S. The molecule has 1 aliphatic carbocycles. The molecule has 3 rings (SSSR count). The highest BCUT2D eigenvalue weighted by atomic mass is 35.7. The number of nitrogens with zero attached hydrogens (tertiary/aromatic N) is 5. The quantitative estimate of drug-likeness (QED) is 0.796. The van der Waals surface area contributed by atoms with Crippen molar-refractivity contribution in [1.29, 1.82) is 0 Å². The Morgan fingerprint density at radius 2 is 2.16 bits per heavy atom. The standard InChI is InChI=1S/C10H12ClN5O2S/c1-7(15-6-2-5-12-15)9-13-14-10(19(11,17)18)16(9)8-3-4-8/h2,5-8H,3-4H2,1H3. The molecule has 0 radical (unpaired) electrons. The molecule has 7 nitrogen and oxygen atoms in total. The lowest BCUT2D eigenvalue weighted by atomic mass is 10.3. The summed E-state index contributed by atoms with van der Waals surface area (Å²) in [6.45, 7) is 1.89. The Balaban J connectivity index is 2.10. The summed E-state index contributed by atoms with van der Waals surface area (Å²) in [5.41, 5.74) is 0. The minimum Gasteiger partial charge on any atom is -0.296 e. The van der Waals surface area contributed by atoms with Gasteiger partial charge < -0.3 is 0 Å². The molecule has 1 aliphatic rings. The number of hydrogen-bond donors (Lipinski definition) is 0. The van der Waals surface area contributed by atoms with E-state index >= 15 is 0 Å². The highest BCUT2D eigenvalue weighted by molar-refractivity contribution is 8.13. The van der Waals surface area contributed by atoms with E-state index in [0.29, 0.717) is 5.82 Å². The largest absolute Gasteiger partial charge is 0.296 e. The van der Waals surface area contributed by atoms with Crippen LogP contribution in [-0.4, -0.2) is 33.0 Å². The minimum atomic E-state index is -3.89. The molecular weight excluding hydrogens is 290 g/mol. The second kappa shape index (κ2) is 4.31. The molecule has 1 atom stereocenters. The summed E-state index contributed by atoms with van der Waals surface area (Å²) < 4.78 is 26.4. The van der Waals surface area contributed by atoms with Gasteiger partial charge in [-0.05, 0) is 25.8 Å². The van der Waals surface area contributed by atoms with Crippen molar-refractivity contribution in [2.24, 2.45) is 0 Å². The number of rotatable bonds is 4. The van der Waals surface area contributed by atoms with Crippen LogP contribution >= 0.6 is 10.7 Å². The van der Waals surface area contributed by atoms with Crippen LogP contribution in [0, 0.1) is 0 Å². The van der Waals surface area contributed by atoms with Gasteiger partial charge in [0.2, 0.25) is 0 Å². The average molecular weight is 302 g/mol. The van der Waals surface area contributed by atoms with Crippen LogP contribution < -0.4 is 0 Å². The second-order valence-electron chi connectivity index (χ2n) is 4.54. The van der Waals surface area contributed by atoms with Gasteiger partial charge in [-0.2, -0.15) is 5.10 Å². The molecule has 1 unspecified atom stereocenters. The van der Waals surface area contributed by atoms with Crippen molar-refractivity contribution in [3.8, 4) is 0 Å². The van der Waals surface area contributed by atoms with Crippen molar-refractivity contribution >= 4 is 19.7 Å². The monoisotopic (exact) mass is 301 g/mol. The van der Waals surface area contributed by atoms with E-state index in [1.807, 2.05) is 6.92 Å². The predicted molar refractivity (Wildman–Crippen MR) is 67.4 cm³/mol. The van der Waals surface area contributed by atoms with Gasteiger partial charge in [-0.25, -0.2) is 8.42 Å². The van der Waals surface area contributed by atoms with E-state index in [-0.39, 0.29) is 17.2 Å². The van der Waals surface area contributed by atoms with Gasteiger partial charge >= 0.3 is 0 Å². The molecule has 0 bridgehead atoms. The summed E-state index contributed by atoms with van der Waals surface area (Å²) in [5, 5.41) is 11.7. The first kappa shape index (κ1) is 12.6. The molecule has 0 saturated heterocycles. The van der Waals surface area contributed by atoms with Gasteiger partial charge in [0.25, 0.3) is 14.2 Å². The van der Waals surface area contributed by atoms with Crippen LogP contribution in [0.1, 0.15) is 37.7 Å². The molecule has 0 spiro atoms. The van der Waals surface area contributed by atoms with Crippen molar-refractivity contribution in [3.05, 3.63) is 24.3 Å². The average Bonchev–Trinajstić information content (AvgIpc) is 2.90. The van der Waals surface area contributed by atoms with E-state index in [2.05, 4.69) is 15.3 Å². The maximum absolute atomic E-state index is 11.5. The summed E-state index contributed by atoms with van der Waals surface area (Å²) in [7, 11) is 1.52. The molecule has 2 aromatic heterocycles. The zero-order chi connectivity index (χ0) is 13.6. The molecule has 19 heavy (non-hydrogen) atoms. The van der Waals surface area contributed by atoms with Gasteiger partial charge in [-0.15, -0.1) is 10.2 Å². The zero-order valence-corrected chi connectivity index (χ0v) is 11.7. The number of aromatic nitrogens is 5. The molecule has 9 heteroatoms. The van der Waals surface area contributed by atoms with Crippen LogP contribution in [0.4, 0.5) is 0 Å². The van der Waals surface area contributed by atoms with E-state index in [1.54, 1.807) is 27.7 Å². The Labute approximate surface area is 114 Å². The van der Waals surface area contributed by atoms with E-state index < -0.39 is 9.05 Å². The van der Waals surface area contributed by atoms with E-state index in [0.717, 1.165) is 12.8 Å². The van der Waals surface area contributed by atoms with Crippen LogP contribution in [0.5, 0.6) is 0 Å². The highest BCUT2D eigenvalue weighted by Gasteiger charge is 2.35. The Morgan fingerprint density at radius 1 is 1.42 bits per heavy atom. The fraction of sp³-hybridized carbons (Fsp3) is 0.500. The molecule has 102 valence electrons. The van der Waals surface area contributed by atoms with E-state index in [9.17, 15) is 8.42 Å². The van der Waals surface area contributed by atoms with Gasteiger partial charge in [0, 0.05) is 29.1 Å². The molecule has 0 amide bonds. The molecule has 2 aromatic rings. The first-order chi connectivity index (χ1) is 8.98. The Morgan fingerprint density at radius 3 is 2.68 bits per heavy atom. The van der Waals surface area contributed by atoms with Gasteiger partial charge in [-0.1, -0.05) is 0 Å². The van der Waals surface area contributed by atoms with Crippen LogP contribution in [0.3, 0.4) is 0 Å². The smallest absolute Gasteiger partial charge is 0.296 e. The van der Waals surface area contributed by atoms with Gasteiger partial charge in [0.05, 0.1) is 0 Å². The van der Waals surface area contributed by atoms with Crippen molar-refractivity contribution in [2.75, 3.05) is 0 Å². The molecule has 1 saturated carbocycles. The molecule has 0 N–H and O–H groups in total. The van der Waals surface area contributed by atoms with E-state index in [1.165, 1.54) is 0 Å². The second-order valence-corrected chi connectivity index (χ2v) is 7.00. The van der Waals surface area contributed by atoms with E-state index in [4.69, 9.17) is 10.7 Å². The van der Waals surface area contributed by atoms with Crippen molar-refractivity contribution in [3.63, 3.8) is 0 Å². The third kappa shape index (κ3) is 2.25. The van der Waals surface area contributed by atoms with Crippen LogP contribution in [-0.2, 0) is 9.05 Å². The maximum Gasteiger partial charge on any atom is 0.296 e. The van der Waals surface area contributed by atoms with Crippen molar-refractivity contribution in [1.82, 2.24) is 24.5 Å². The molecule has 0 aliphatic heterocycles. The highest BCUT2D eigenvalue weighted by Crippen LogP contribution is 2.39. The lowest BCUT2D eigenvalue weighted by Gasteiger charge is -2.13. The third-order valence-electron chi connectivity index (χ3n) is 3.12. The fourth-order valence-corrected chi connectivity index (χ4v) is 2.97. The van der Waals surface area contributed by atoms with Crippen LogP contribution in [0.25, 0.3) is 0 Å². The summed E-state index contributed by atoms with van der Waals surface area (Å²) in [5.74, 6) is 0.561. The van der Waals surface area contributed by atoms with Gasteiger partial charge in [0.15, 0.2) is 5.82 Å². The predicted octanol–water partition coefficient (Wildman–Crippen LogP) is 1.35. The first-order valence-corrected chi connectivity index (χ1v) is 8.18. The lowest BCUT2D eigenvalue weighted by Crippen LogP contribution is -2.15. The Bertz CT molecular complexity index is 690. The maximum atomic E-state index is 11.5. The zero-order valence-electron chi connectivity index (χ0n) is 10.1.